The molecule has 80 valence electrons. The zero-order chi connectivity index (χ0) is 10.7. The zero-order valence-electron chi connectivity index (χ0n) is 8.24. The molecule has 1 fully saturated rings. The van der Waals surface area contributed by atoms with Crippen LogP contribution in [0, 0.1) is 0 Å². The van der Waals surface area contributed by atoms with Crippen LogP contribution in [0.2, 0.25) is 0 Å². The number of carbonyl (C=O) groups is 1. The van der Waals surface area contributed by atoms with Gasteiger partial charge in [0, 0.05) is 36.8 Å². The Balaban J connectivity index is 2.12. The Morgan fingerprint density at radius 3 is 2.87 bits per heavy atom. The molecule has 5 heteroatoms. The van der Waals surface area contributed by atoms with Crippen molar-refractivity contribution in [1.82, 2.24) is 15.2 Å². The second-order valence-corrected chi connectivity index (χ2v) is 4.32. The van der Waals surface area contributed by atoms with Crippen molar-refractivity contribution in [3.63, 3.8) is 0 Å². The first-order valence-electron chi connectivity index (χ1n) is 4.89. The number of nitrogens with zero attached hydrogens (tertiary/aromatic N) is 2. The van der Waals surface area contributed by atoms with Crippen LogP contribution in [0.5, 0.6) is 0 Å². The maximum absolute atomic E-state index is 12.0. The van der Waals surface area contributed by atoms with Crippen molar-refractivity contribution in [2.75, 3.05) is 26.2 Å². The van der Waals surface area contributed by atoms with Gasteiger partial charge < -0.3 is 10.2 Å². The Morgan fingerprint density at radius 2 is 2.20 bits per heavy atom. The first kappa shape index (κ1) is 10.6. The smallest absolute Gasteiger partial charge is 0.272 e. The fourth-order valence-electron chi connectivity index (χ4n) is 1.55. The minimum absolute atomic E-state index is 0.0119. The molecule has 2 heterocycles. The van der Waals surface area contributed by atoms with E-state index in [1.807, 2.05) is 11.0 Å². The number of carbonyl (C=O) groups excluding carboxylic acids is 1. The van der Waals surface area contributed by atoms with E-state index >= 15 is 0 Å². The van der Waals surface area contributed by atoms with Gasteiger partial charge in [-0.15, -0.1) is 0 Å². The second kappa shape index (κ2) is 4.72. The van der Waals surface area contributed by atoms with Gasteiger partial charge in [-0.2, -0.15) is 0 Å². The van der Waals surface area contributed by atoms with Crippen LogP contribution in [0.4, 0.5) is 0 Å². The number of hydrogen-bond acceptors (Lipinski definition) is 3. The van der Waals surface area contributed by atoms with Crippen LogP contribution >= 0.6 is 15.9 Å². The molecule has 1 amide bonds. The highest BCUT2D eigenvalue weighted by Crippen LogP contribution is 2.11. The summed E-state index contributed by atoms with van der Waals surface area (Å²) in [5.41, 5.74) is 0.506. The fraction of sp³-hybridized carbons (Fsp3) is 0.400. The van der Waals surface area contributed by atoms with Crippen LogP contribution in [-0.4, -0.2) is 42.0 Å². The molecule has 0 aliphatic carbocycles. The normalized spacial score (nSPS) is 16.5. The molecule has 1 N–H and O–H groups in total. The van der Waals surface area contributed by atoms with Crippen LogP contribution in [0.1, 0.15) is 10.5 Å². The Labute approximate surface area is 96.8 Å². The number of hydrogen-bond donors (Lipinski definition) is 1. The van der Waals surface area contributed by atoms with E-state index in [1.54, 1.807) is 12.3 Å². The Kier molecular flexibility index (Phi) is 3.33. The molecule has 0 bridgehead atoms. The van der Waals surface area contributed by atoms with Gasteiger partial charge in [0.1, 0.15) is 5.69 Å². The fourth-order valence-corrected chi connectivity index (χ4v) is 1.89. The van der Waals surface area contributed by atoms with Gasteiger partial charge >= 0.3 is 0 Å². The molecule has 0 unspecified atom stereocenters. The maximum atomic E-state index is 12.0. The van der Waals surface area contributed by atoms with Gasteiger partial charge in [-0.25, -0.2) is 0 Å². The van der Waals surface area contributed by atoms with E-state index in [2.05, 4.69) is 26.2 Å². The lowest BCUT2D eigenvalue weighted by Gasteiger charge is -2.27. The van der Waals surface area contributed by atoms with Crippen molar-refractivity contribution in [2.45, 2.75) is 0 Å². The molecule has 0 spiro atoms. The first-order valence-corrected chi connectivity index (χ1v) is 5.68. The standard InChI is InChI=1S/C10H12BrN3O/c11-8-1-2-13-9(7-8)10(15)14-5-3-12-4-6-14/h1-2,7,12H,3-6H2. The summed E-state index contributed by atoms with van der Waals surface area (Å²) in [4.78, 5) is 17.9. The predicted octanol–water partition coefficient (Wildman–Crippen LogP) is 0.889. The van der Waals surface area contributed by atoms with Crippen molar-refractivity contribution in [3.05, 3.63) is 28.5 Å². The van der Waals surface area contributed by atoms with E-state index in [0.29, 0.717) is 5.69 Å². The lowest BCUT2D eigenvalue weighted by molar-refractivity contribution is 0.0730. The van der Waals surface area contributed by atoms with Crippen molar-refractivity contribution < 1.29 is 4.79 Å². The van der Waals surface area contributed by atoms with E-state index in [9.17, 15) is 4.79 Å². The molecular formula is C10H12BrN3O. The second-order valence-electron chi connectivity index (χ2n) is 3.40. The average Bonchev–Trinajstić information content (AvgIpc) is 2.29. The van der Waals surface area contributed by atoms with Gasteiger partial charge in [-0.05, 0) is 12.1 Å². The van der Waals surface area contributed by atoms with Crippen LogP contribution < -0.4 is 5.32 Å². The van der Waals surface area contributed by atoms with Gasteiger partial charge in [0.15, 0.2) is 0 Å². The van der Waals surface area contributed by atoms with E-state index in [4.69, 9.17) is 0 Å². The lowest BCUT2D eigenvalue weighted by atomic mass is 10.3. The Bertz CT molecular complexity index is 363. The number of rotatable bonds is 1. The molecule has 1 aromatic rings. The van der Waals surface area contributed by atoms with Gasteiger partial charge in [0.05, 0.1) is 0 Å². The SMILES string of the molecule is O=C(c1cc(Br)ccn1)N1CCNCC1. The Morgan fingerprint density at radius 1 is 1.47 bits per heavy atom. The molecule has 0 radical (unpaired) electrons. The quantitative estimate of drug-likeness (QED) is 0.824. The highest BCUT2D eigenvalue weighted by Gasteiger charge is 2.18. The number of nitrogens with one attached hydrogen (secondary N) is 1. The molecular weight excluding hydrogens is 258 g/mol. The van der Waals surface area contributed by atoms with Gasteiger partial charge in [-0.3, -0.25) is 9.78 Å². The summed E-state index contributed by atoms with van der Waals surface area (Å²) in [6, 6.07) is 3.57. The third-order valence-corrected chi connectivity index (χ3v) is 2.84. The summed E-state index contributed by atoms with van der Waals surface area (Å²) in [7, 11) is 0. The van der Waals surface area contributed by atoms with Crippen LogP contribution in [0.25, 0.3) is 0 Å². The van der Waals surface area contributed by atoms with Crippen LogP contribution in [0.3, 0.4) is 0 Å². The minimum Gasteiger partial charge on any atom is -0.335 e. The Hall–Kier alpha value is -0.940. The third-order valence-electron chi connectivity index (χ3n) is 2.35. The van der Waals surface area contributed by atoms with Gasteiger partial charge in [0.2, 0.25) is 0 Å². The highest BCUT2D eigenvalue weighted by atomic mass is 79.9. The molecule has 1 aliphatic heterocycles. The molecule has 0 saturated carbocycles. The third kappa shape index (κ3) is 2.54. The summed E-state index contributed by atoms with van der Waals surface area (Å²) in [6.45, 7) is 3.24. The number of pyridine rings is 1. The molecule has 15 heavy (non-hydrogen) atoms. The first-order chi connectivity index (χ1) is 7.27. The monoisotopic (exact) mass is 269 g/mol. The summed E-state index contributed by atoms with van der Waals surface area (Å²) in [5.74, 6) is 0.0119. The van der Waals surface area contributed by atoms with E-state index in [-0.39, 0.29) is 5.91 Å². The average molecular weight is 270 g/mol. The molecule has 4 nitrogen and oxygen atoms in total. The molecule has 1 aliphatic rings. The van der Waals surface area contributed by atoms with E-state index < -0.39 is 0 Å². The van der Waals surface area contributed by atoms with E-state index in [0.717, 1.165) is 30.7 Å². The molecule has 0 atom stereocenters. The van der Waals surface area contributed by atoms with Gasteiger partial charge in [-0.1, -0.05) is 15.9 Å². The topological polar surface area (TPSA) is 45.2 Å². The minimum atomic E-state index is 0.0119. The zero-order valence-corrected chi connectivity index (χ0v) is 9.83. The largest absolute Gasteiger partial charge is 0.335 e. The summed E-state index contributed by atoms with van der Waals surface area (Å²) >= 11 is 3.33. The van der Waals surface area contributed by atoms with Crippen LogP contribution in [-0.2, 0) is 0 Å². The van der Waals surface area contributed by atoms with Crippen molar-refractivity contribution in [1.29, 1.82) is 0 Å². The molecule has 1 saturated heterocycles. The highest BCUT2D eigenvalue weighted by molar-refractivity contribution is 9.10. The summed E-state index contributed by atoms with van der Waals surface area (Å²) < 4.78 is 0.885. The lowest BCUT2D eigenvalue weighted by Crippen LogP contribution is -2.46. The summed E-state index contributed by atoms with van der Waals surface area (Å²) in [6.07, 6.45) is 1.64. The number of halogens is 1. The predicted molar refractivity (Wildman–Crippen MR) is 60.7 cm³/mol. The summed E-state index contributed by atoms with van der Waals surface area (Å²) in [5, 5.41) is 3.21. The number of aromatic nitrogens is 1. The molecule has 1 aromatic heterocycles. The number of piperazine rings is 1. The van der Waals surface area contributed by atoms with Crippen molar-refractivity contribution in [3.8, 4) is 0 Å². The maximum Gasteiger partial charge on any atom is 0.272 e. The molecule has 2 rings (SSSR count). The van der Waals surface area contributed by atoms with E-state index in [1.165, 1.54) is 0 Å². The van der Waals surface area contributed by atoms with Crippen molar-refractivity contribution >= 4 is 21.8 Å². The van der Waals surface area contributed by atoms with Crippen LogP contribution in [0.15, 0.2) is 22.8 Å². The number of amides is 1. The molecule has 0 aromatic carbocycles. The van der Waals surface area contributed by atoms with Crippen molar-refractivity contribution in [2.24, 2.45) is 0 Å². The van der Waals surface area contributed by atoms with Gasteiger partial charge in [0.25, 0.3) is 5.91 Å².